The van der Waals surface area contributed by atoms with Gasteiger partial charge in [-0.25, -0.2) is 9.78 Å². The minimum Gasteiger partial charge on any atom is -0.496 e. The van der Waals surface area contributed by atoms with Crippen LogP contribution >= 0.6 is 11.3 Å². The lowest BCUT2D eigenvalue weighted by molar-refractivity contribution is 0.0699. The highest BCUT2D eigenvalue weighted by atomic mass is 32.1. The third-order valence-electron chi connectivity index (χ3n) is 3.42. The van der Waals surface area contributed by atoms with Crippen molar-refractivity contribution in [1.82, 2.24) is 9.97 Å². The largest absolute Gasteiger partial charge is 0.496 e. The van der Waals surface area contributed by atoms with Gasteiger partial charge in [0.1, 0.15) is 22.0 Å². The molecule has 1 aromatic carbocycles. The molecule has 0 radical (unpaired) electrons. The van der Waals surface area contributed by atoms with Crippen molar-refractivity contribution in [2.24, 2.45) is 0 Å². The quantitative estimate of drug-likeness (QED) is 0.729. The second-order valence-electron chi connectivity index (χ2n) is 4.90. The molecule has 0 spiro atoms. The average molecular weight is 355 g/mol. The van der Waals surface area contributed by atoms with E-state index in [0.29, 0.717) is 16.9 Å². The first kappa shape index (κ1) is 16.6. The van der Waals surface area contributed by atoms with E-state index < -0.39 is 11.9 Å². The Labute approximate surface area is 147 Å². The predicted molar refractivity (Wildman–Crippen MR) is 93.3 cm³/mol. The van der Waals surface area contributed by atoms with Gasteiger partial charge < -0.3 is 15.2 Å². The van der Waals surface area contributed by atoms with Gasteiger partial charge in [0.15, 0.2) is 0 Å². The smallest absolute Gasteiger partial charge is 0.339 e. The summed E-state index contributed by atoms with van der Waals surface area (Å²) in [5, 5.41) is 14.1. The van der Waals surface area contributed by atoms with Crippen LogP contribution in [0.3, 0.4) is 0 Å². The number of amides is 1. The Balaban J connectivity index is 2.01. The fraction of sp³-hybridized carbons (Fsp3) is 0.0588. The van der Waals surface area contributed by atoms with Crippen molar-refractivity contribution in [2.45, 2.75) is 0 Å². The van der Waals surface area contributed by atoms with Gasteiger partial charge in [0.05, 0.1) is 13.3 Å². The third kappa shape index (κ3) is 3.33. The van der Waals surface area contributed by atoms with Crippen LogP contribution in [0.2, 0.25) is 0 Å². The normalized spacial score (nSPS) is 10.3. The maximum atomic E-state index is 12.2. The van der Waals surface area contributed by atoms with Crippen molar-refractivity contribution in [3.05, 3.63) is 59.5 Å². The van der Waals surface area contributed by atoms with E-state index in [2.05, 4.69) is 15.3 Å². The van der Waals surface area contributed by atoms with Gasteiger partial charge in [-0.1, -0.05) is 18.2 Å². The number of nitrogens with one attached hydrogen (secondary N) is 1. The minimum absolute atomic E-state index is 0.00624. The fourth-order valence-electron chi connectivity index (χ4n) is 2.31. The summed E-state index contributed by atoms with van der Waals surface area (Å²) in [6.07, 6.45) is 4.15. The molecule has 0 saturated heterocycles. The van der Waals surface area contributed by atoms with Crippen LogP contribution in [-0.2, 0) is 0 Å². The van der Waals surface area contributed by atoms with Crippen molar-refractivity contribution in [1.29, 1.82) is 0 Å². The Morgan fingerprint density at radius 1 is 1.20 bits per heavy atom. The van der Waals surface area contributed by atoms with Crippen LogP contribution in [0.25, 0.3) is 11.1 Å². The number of ether oxygens (including phenoxy) is 1. The molecule has 0 atom stereocenters. The highest BCUT2D eigenvalue weighted by Crippen LogP contribution is 2.39. The van der Waals surface area contributed by atoms with Crippen LogP contribution in [0.1, 0.15) is 20.8 Å². The van der Waals surface area contributed by atoms with E-state index in [0.717, 1.165) is 11.3 Å². The number of para-hydroxylation sites is 1. The standard InChI is InChI=1S/C17H13N3O4S/c1-24-13-5-3-2-4-10(13)11-9-25-16(14(11)17(22)23)20-15(21)12-8-18-6-7-19-12/h2-9H,1H3,(H,20,21)(H,22,23). The molecule has 2 N–H and O–H groups in total. The number of carboxylic acid groups (broad SMARTS) is 1. The van der Waals surface area contributed by atoms with Gasteiger partial charge in [-0.15, -0.1) is 11.3 Å². The molecule has 0 unspecified atom stereocenters. The molecule has 126 valence electrons. The number of aromatic carboxylic acids is 1. The molecule has 0 aliphatic rings. The summed E-state index contributed by atoms with van der Waals surface area (Å²) in [6, 6.07) is 7.10. The minimum atomic E-state index is -1.14. The molecule has 3 rings (SSSR count). The summed E-state index contributed by atoms with van der Waals surface area (Å²) in [4.78, 5) is 31.7. The first-order chi connectivity index (χ1) is 12.1. The molecule has 3 aromatic rings. The van der Waals surface area contributed by atoms with Gasteiger partial charge in [0.2, 0.25) is 0 Å². The van der Waals surface area contributed by atoms with Crippen molar-refractivity contribution < 1.29 is 19.4 Å². The summed E-state index contributed by atoms with van der Waals surface area (Å²) in [5.74, 6) is -1.12. The average Bonchev–Trinajstić information content (AvgIpc) is 3.06. The van der Waals surface area contributed by atoms with E-state index in [1.54, 1.807) is 29.6 Å². The van der Waals surface area contributed by atoms with Gasteiger partial charge in [0.25, 0.3) is 5.91 Å². The Morgan fingerprint density at radius 2 is 2.00 bits per heavy atom. The third-order valence-corrected chi connectivity index (χ3v) is 4.32. The number of hydrogen-bond donors (Lipinski definition) is 2. The molecule has 0 aliphatic heterocycles. The lowest BCUT2D eigenvalue weighted by Gasteiger charge is -2.09. The predicted octanol–water partition coefficient (Wildman–Crippen LogP) is 3.16. The summed E-state index contributed by atoms with van der Waals surface area (Å²) in [7, 11) is 1.52. The number of anilines is 1. The summed E-state index contributed by atoms with van der Waals surface area (Å²) in [6.45, 7) is 0. The van der Waals surface area contributed by atoms with Crippen molar-refractivity contribution in [3.63, 3.8) is 0 Å². The molecule has 0 saturated carbocycles. The number of thiophene rings is 1. The van der Waals surface area contributed by atoms with Crippen LogP contribution in [-0.4, -0.2) is 34.1 Å². The Morgan fingerprint density at radius 3 is 2.68 bits per heavy atom. The van der Waals surface area contributed by atoms with Crippen LogP contribution in [0.4, 0.5) is 5.00 Å². The zero-order chi connectivity index (χ0) is 17.8. The van der Waals surface area contributed by atoms with Crippen LogP contribution < -0.4 is 10.1 Å². The highest BCUT2D eigenvalue weighted by Gasteiger charge is 2.23. The lowest BCUT2D eigenvalue weighted by atomic mass is 10.0. The monoisotopic (exact) mass is 355 g/mol. The van der Waals surface area contributed by atoms with E-state index in [-0.39, 0.29) is 16.3 Å². The Kier molecular flexibility index (Phi) is 4.71. The van der Waals surface area contributed by atoms with Gasteiger partial charge in [0, 0.05) is 28.9 Å². The number of rotatable bonds is 5. The van der Waals surface area contributed by atoms with Gasteiger partial charge in [-0.05, 0) is 6.07 Å². The number of carbonyl (C=O) groups is 2. The number of carbonyl (C=O) groups excluding carboxylic acids is 1. The number of methoxy groups -OCH3 is 1. The topological polar surface area (TPSA) is 101 Å². The molecule has 0 aliphatic carbocycles. The molecule has 0 fully saturated rings. The van der Waals surface area contributed by atoms with E-state index in [9.17, 15) is 14.7 Å². The molecule has 0 bridgehead atoms. The number of nitrogens with zero attached hydrogens (tertiary/aromatic N) is 2. The zero-order valence-corrected chi connectivity index (χ0v) is 13.9. The maximum absolute atomic E-state index is 12.2. The van der Waals surface area contributed by atoms with E-state index in [1.165, 1.54) is 25.7 Å². The van der Waals surface area contributed by atoms with E-state index in [4.69, 9.17) is 4.74 Å². The summed E-state index contributed by atoms with van der Waals surface area (Å²) >= 11 is 1.13. The van der Waals surface area contributed by atoms with Crippen LogP contribution in [0, 0.1) is 0 Å². The summed E-state index contributed by atoms with van der Waals surface area (Å²) in [5.41, 5.74) is 1.22. The van der Waals surface area contributed by atoms with Crippen LogP contribution in [0.5, 0.6) is 5.75 Å². The molecular weight excluding hydrogens is 342 g/mol. The first-order valence-electron chi connectivity index (χ1n) is 7.17. The molecule has 1 amide bonds. The van der Waals surface area contributed by atoms with Crippen molar-refractivity contribution >= 4 is 28.2 Å². The van der Waals surface area contributed by atoms with Gasteiger partial charge in [-0.3, -0.25) is 9.78 Å². The SMILES string of the molecule is COc1ccccc1-c1csc(NC(=O)c2cnccn2)c1C(=O)O. The van der Waals surface area contributed by atoms with Gasteiger partial charge >= 0.3 is 5.97 Å². The van der Waals surface area contributed by atoms with Crippen molar-refractivity contribution in [2.75, 3.05) is 12.4 Å². The number of aromatic nitrogens is 2. The van der Waals surface area contributed by atoms with E-state index in [1.807, 2.05) is 0 Å². The molecule has 25 heavy (non-hydrogen) atoms. The molecule has 2 aromatic heterocycles. The van der Waals surface area contributed by atoms with E-state index >= 15 is 0 Å². The van der Waals surface area contributed by atoms with Gasteiger partial charge in [-0.2, -0.15) is 0 Å². The Hall–Kier alpha value is -3.26. The molecule has 2 heterocycles. The highest BCUT2D eigenvalue weighted by molar-refractivity contribution is 7.15. The summed E-state index contributed by atoms with van der Waals surface area (Å²) < 4.78 is 5.30. The second-order valence-corrected chi connectivity index (χ2v) is 5.78. The molecular formula is C17H13N3O4S. The number of benzene rings is 1. The zero-order valence-electron chi connectivity index (χ0n) is 13.1. The van der Waals surface area contributed by atoms with Crippen molar-refractivity contribution in [3.8, 4) is 16.9 Å². The Bertz CT molecular complexity index is 925. The number of carboxylic acids is 1. The second kappa shape index (κ2) is 7.10. The lowest BCUT2D eigenvalue weighted by Crippen LogP contribution is -2.15. The number of hydrogen-bond acceptors (Lipinski definition) is 6. The maximum Gasteiger partial charge on any atom is 0.339 e. The van der Waals surface area contributed by atoms with Crippen LogP contribution in [0.15, 0.2) is 48.2 Å². The molecule has 8 heteroatoms. The molecule has 7 nitrogen and oxygen atoms in total. The fourth-order valence-corrected chi connectivity index (χ4v) is 3.26. The first-order valence-corrected chi connectivity index (χ1v) is 8.05.